The van der Waals surface area contributed by atoms with E-state index in [1.165, 1.54) is 0 Å². The summed E-state index contributed by atoms with van der Waals surface area (Å²) in [7, 11) is 1.72. The third-order valence-electron chi connectivity index (χ3n) is 3.37. The molecule has 2 N–H and O–H groups in total. The second kappa shape index (κ2) is 9.78. The fraction of sp³-hybridized carbons (Fsp3) is 0.562. The van der Waals surface area contributed by atoms with Crippen molar-refractivity contribution in [2.75, 3.05) is 33.4 Å². The molecule has 0 bridgehead atoms. The van der Waals surface area contributed by atoms with Gasteiger partial charge in [-0.2, -0.15) is 0 Å². The van der Waals surface area contributed by atoms with Gasteiger partial charge in [0.05, 0.1) is 0 Å². The number of hydrogen-bond acceptors (Lipinski definition) is 4. The van der Waals surface area contributed by atoms with Crippen molar-refractivity contribution in [3.63, 3.8) is 0 Å². The van der Waals surface area contributed by atoms with Crippen molar-refractivity contribution in [2.45, 2.75) is 26.2 Å². The average molecular weight is 318 g/mol. The first-order valence-electron chi connectivity index (χ1n) is 8.15. The van der Waals surface area contributed by atoms with E-state index in [1.54, 1.807) is 7.11 Å². The zero-order valence-electron chi connectivity index (χ0n) is 14.0. The molecule has 7 heteroatoms. The molecule has 2 heterocycles. The largest absolute Gasteiger partial charge is 0.385 e. The number of pyridine rings is 1. The van der Waals surface area contributed by atoms with Crippen LogP contribution in [0, 0.1) is 0 Å². The third kappa shape index (κ3) is 5.52. The molecule has 0 saturated heterocycles. The standard InChI is InChI=1S/C16H26N6O/c1-3-17-16(19-11-7-13-23-2)18-10-6-9-15-21-20-14-8-4-5-12-22(14)15/h4-5,8,12H,3,6-7,9-11,13H2,1-2H3,(H2,17,18,19). The lowest BCUT2D eigenvalue weighted by Gasteiger charge is -2.10. The van der Waals surface area contributed by atoms with Crippen molar-refractivity contribution in [3.05, 3.63) is 30.2 Å². The molecule has 2 aromatic heterocycles. The first kappa shape index (κ1) is 17.2. The minimum atomic E-state index is 0.751. The molecule has 7 nitrogen and oxygen atoms in total. The first-order chi connectivity index (χ1) is 11.3. The van der Waals surface area contributed by atoms with E-state index >= 15 is 0 Å². The molecule has 0 fully saturated rings. The van der Waals surface area contributed by atoms with E-state index in [0.717, 1.165) is 62.9 Å². The van der Waals surface area contributed by atoms with Crippen LogP contribution in [0.15, 0.2) is 29.4 Å². The van der Waals surface area contributed by atoms with Crippen LogP contribution in [-0.4, -0.2) is 53.9 Å². The Bertz CT molecular complexity index is 609. The van der Waals surface area contributed by atoms with Crippen molar-refractivity contribution >= 4 is 11.6 Å². The van der Waals surface area contributed by atoms with Gasteiger partial charge in [0.1, 0.15) is 5.82 Å². The van der Waals surface area contributed by atoms with Crippen LogP contribution in [0.2, 0.25) is 0 Å². The Hall–Kier alpha value is -2.15. The van der Waals surface area contributed by atoms with Crippen molar-refractivity contribution in [1.29, 1.82) is 0 Å². The zero-order chi connectivity index (χ0) is 16.3. The van der Waals surface area contributed by atoms with Gasteiger partial charge in [0.2, 0.25) is 0 Å². The Labute approximate surface area is 137 Å². The second-order valence-electron chi connectivity index (χ2n) is 5.18. The normalized spacial score (nSPS) is 11.8. The molecule has 2 rings (SSSR count). The molecule has 0 aliphatic carbocycles. The lowest BCUT2D eigenvalue weighted by Crippen LogP contribution is -2.38. The number of methoxy groups -OCH3 is 1. The maximum Gasteiger partial charge on any atom is 0.191 e. The van der Waals surface area contributed by atoms with E-state index in [4.69, 9.17) is 4.74 Å². The molecule has 0 aliphatic heterocycles. The van der Waals surface area contributed by atoms with E-state index < -0.39 is 0 Å². The predicted octanol–water partition coefficient (Wildman–Crippen LogP) is 1.25. The summed E-state index contributed by atoms with van der Waals surface area (Å²) < 4.78 is 7.07. The van der Waals surface area contributed by atoms with E-state index in [2.05, 4.69) is 32.7 Å². The first-order valence-corrected chi connectivity index (χ1v) is 8.15. The van der Waals surface area contributed by atoms with Crippen LogP contribution in [0.4, 0.5) is 0 Å². The molecule has 23 heavy (non-hydrogen) atoms. The molecule has 0 spiro atoms. The van der Waals surface area contributed by atoms with Gasteiger partial charge < -0.3 is 15.4 Å². The molecule has 0 aromatic carbocycles. The molecule has 0 aliphatic rings. The Morgan fingerprint density at radius 3 is 3.00 bits per heavy atom. The van der Waals surface area contributed by atoms with Gasteiger partial charge in [0, 0.05) is 46.0 Å². The number of aliphatic imine (C=N–C) groups is 1. The highest BCUT2D eigenvalue weighted by atomic mass is 16.5. The molecule has 0 atom stereocenters. The third-order valence-corrected chi connectivity index (χ3v) is 3.37. The summed E-state index contributed by atoms with van der Waals surface area (Å²) in [5.74, 6) is 1.84. The van der Waals surface area contributed by atoms with Crippen LogP contribution in [0.25, 0.3) is 5.65 Å². The smallest absolute Gasteiger partial charge is 0.191 e. The van der Waals surface area contributed by atoms with E-state index in [-0.39, 0.29) is 0 Å². The minimum Gasteiger partial charge on any atom is -0.385 e. The van der Waals surface area contributed by atoms with Gasteiger partial charge >= 0.3 is 0 Å². The molecule has 0 amide bonds. The lowest BCUT2D eigenvalue weighted by atomic mass is 10.3. The number of fused-ring (bicyclic) bond motifs is 1. The van der Waals surface area contributed by atoms with Crippen LogP contribution in [0.3, 0.4) is 0 Å². The molecule has 2 aromatic rings. The highest BCUT2D eigenvalue weighted by Crippen LogP contribution is 2.05. The van der Waals surface area contributed by atoms with Gasteiger partial charge in [-0.25, -0.2) is 0 Å². The maximum atomic E-state index is 5.04. The van der Waals surface area contributed by atoms with Gasteiger partial charge in [-0.15, -0.1) is 10.2 Å². The van der Waals surface area contributed by atoms with E-state index in [1.807, 2.05) is 28.8 Å². The maximum absolute atomic E-state index is 5.04. The van der Waals surface area contributed by atoms with Crippen LogP contribution < -0.4 is 10.6 Å². The quantitative estimate of drug-likeness (QED) is 0.413. The summed E-state index contributed by atoms with van der Waals surface area (Å²) in [4.78, 5) is 4.59. The second-order valence-corrected chi connectivity index (χ2v) is 5.18. The summed E-state index contributed by atoms with van der Waals surface area (Å²) in [5, 5.41) is 15.0. The molecular formula is C16H26N6O. The summed E-state index contributed by atoms with van der Waals surface area (Å²) in [5.41, 5.74) is 0.888. The van der Waals surface area contributed by atoms with E-state index in [9.17, 15) is 0 Å². The number of rotatable bonds is 9. The lowest BCUT2D eigenvalue weighted by molar-refractivity contribution is 0.195. The van der Waals surface area contributed by atoms with Crippen molar-refractivity contribution in [1.82, 2.24) is 25.2 Å². The Morgan fingerprint density at radius 2 is 2.17 bits per heavy atom. The Morgan fingerprint density at radius 1 is 1.26 bits per heavy atom. The number of aromatic nitrogens is 3. The molecule has 0 radical (unpaired) electrons. The van der Waals surface area contributed by atoms with Gasteiger partial charge in [-0.3, -0.25) is 9.39 Å². The summed E-state index contributed by atoms with van der Waals surface area (Å²) >= 11 is 0. The monoisotopic (exact) mass is 318 g/mol. The average Bonchev–Trinajstić information content (AvgIpc) is 2.98. The number of ether oxygens (including phenoxy) is 1. The molecule has 0 unspecified atom stereocenters. The number of aryl methyl sites for hydroxylation is 1. The van der Waals surface area contributed by atoms with Gasteiger partial charge in [-0.1, -0.05) is 6.07 Å². The highest BCUT2D eigenvalue weighted by Gasteiger charge is 2.03. The topological polar surface area (TPSA) is 75.8 Å². The van der Waals surface area contributed by atoms with Gasteiger partial charge in [0.25, 0.3) is 0 Å². The number of hydrogen-bond donors (Lipinski definition) is 2. The van der Waals surface area contributed by atoms with Crippen molar-refractivity contribution in [2.24, 2.45) is 4.99 Å². The zero-order valence-corrected chi connectivity index (χ0v) is 14.0. The van der Waals surface area contributed by atoms with Gasteiger partial charge in [-0.05, 0) is 31.9 Å². The van der Waals surface area contributed by atoms with Crippen LogP contribution in [0.1, 0.15) is 25.6 Å². The Balaban J connectivity index is 1.78. The summed E-state index contributed by atoms with van der Waals surface area (Å²) in [6.45, 7) is 5.28. The minimum absolute atomic E-state index is 0.751. The Kier molecular flexibility index (Phi) is 7.32. The van der Waals surface area contributed by atoms with Crippen LogP contribution >= 0.6 is 0 Å². The molecular weight excluding hydrogens is 292 g/mol. The van der Waals surface area contributed by atoms with Crippen LogP contribution in [-0.2, 0) is 11.2 Å². The SMILES string of the molecule is CCNC(=NCCCc1nnc2ccccn12)NCCCOC. The number of nitrogens with one attached hydrogen (secondary N) is 2. The summed E-state index contributed by atoms with van der Waals surface area (Å²) in [6.07, 6.45) is 4.75. The predicted molar refractivity (Wildman–Crippen MR) is 91.8 cm³/mol. The fourth-order valence-electron chi connectivity index (χ4n) is 2.25. The van der Waals surface area contributed by atoms with Gasteiger partial charge in [0.15, 0.2) is 11.6 Å². The number of nitrogens with zero attached hydrogens (tertiary/aromatic N) is 4. The summed E-state index contributed by atoms with van der Waals surface area (Å²) in [6, 6.07) is 5.92. The van der Waals surface area contributed by atoms with Crippen molar-refractivity contribution in [3.8, 4) is 0 Å². The highest BCUT2D eigenvalue weighted by molar-refractivity contribution is 5.79. The fourth-order valence-corrected chi connectivity index (χ4v) is 2.25. The molecule has 0 saturated carbocycles. The van der Waals surface area contributed by atoms with Crippen LogP contribution in [0.5, 0.6) is 0 Å². The van der Waals surface area contributed by atoms with Crippen molar-refractivity contribution < 1.29 is 4.74 Å². The van der Waals surface area contributed by atoms with E-state index in [0.29, 0.717) is 0 Å². The molecule has 126 valence electrons. The number of guanidine groups is 1.